The average molecular weight is 335 g/mol. The second-order valence-corrected chi connectivity index (χ2v) is 7.27. The van der Waals surface area contributed by atoms with E-state index in [9.17, 15) is 0 Å². The van der Waals surface area contributed by atoms with Gasteiger partial charge in [0.05, 0.1) is 19.8 Å². The number of fused-ring (bicyclic) bond motifs is 1. The standard InChI is InChI=1S/C22H25NO2/c1-17(15-22(2)16-25-21-6-4-3-5-20(21)22)18-7-9-19(10-8-18)23-11-13-24-14-12-23/h3-10H,1,11-16H2,2H3. The van der Waals surface area contributed by atoms with E-state index in [4.69, 9.17) is 9.47 Å². The minimum Gasteiger partial charge on any atom is -0.492 e. The Morgan fingerprint density at radius 3 is 2.56 bits per heavy atom. The zero-order valence-electron chi connectivity index (χ0n) is 14.8. The van der Waals surface area contributed by atoms with Crippen LogP contribution >= 0.6 is 0 Å². The number of benzene rings is 2. The van der Waals surface area contributed by atoms with E-state index in [2.05, 4.69) is 60.9 Å². The minimum absolute atomic E-state index is 0.00342. The number of allylic oxidation sites excluding steroid dienone is 1. The zero-order valence-corrected chi connectivity index (χ0v) is 14.8. The summed E-state index contributed by atoms with van der Waals surface area (Å²) in [5, 5.41) is 0. The van der Waals surface area contributed by atoms with E-state index in [0.717, 1.165) is 50.7 Å². The second kappa shape index (κ2) is 6.57. The van der Waals surface area contributed by atoms with Crippen molar-refractivity contribution in [2.45, 2.75) is 18.8 Å². The maximum atomic E-state index is 5.89. The molecule has 1 unspecified atom stereocenters. The van der Waals surface area contributed by atoms with Gasteiger partial charge in [0.2, 0.25) is 0 Å². The molecule has 0 amide bonds. The third kappa shape index (κ3) is 3.16. The summed E-state index contributed by atoms with van der Waals surface area (Å²) in [6.07, 6.45) is 0.904. The first kappa shape index (κ1) is 16.2. The summed E-state index contributed by atoms with van der Waals surface area (Å²) >= 11 is 0. The van der Waals surface area contributed by atoms with Crippen LogP contribution in [-0.2, 0) is 10.2 Å². The predicted octanol–water partition coefficient (Wildman–Crippen LogP) is 4.28. The number of ether oxygens (including phenoxy) is 2. The van der Waals surface area contributed by atoms with Crippen LogP contribution in [0, 0.1) is 0 Å². The van der Waals surface area contributed by atoms with Crippen molar-refractivity contribution in [3.8, 4) is 5.75 Å². The fourth-order valence-electron chi connectivity index (χ4n) is 3.85. The topological polar surface area (TPSA) is 21.7 Å². The molecule has 0 aromatic heterocycles. The molecule has 1 atom stereocenters. The van der Waals surface area contributed by atoms with Crippen LogP contribution in [0.3, 0.4) is 0 Å². The monoisotopic (exact) mass is 335 g/mol. The highest BCUT2D eigenvalue weighted by Gasteiger charge is 2.36. The highest BCUT2D eigenvalue weighted by Crippen LogP contribution is 2.43. The normalized spacial score (nSPS) is 22.4. The highest BCUT2D eigenvalue weighted by molar-refractivity contribution is 5.67. The maximum absolute atomic E-state index is 5.89. The minimum atomic E-state index is -0.00342. The lowest BCUT2D eigenvalue weighted by molar-refractivity contribution is 0.122. The van der Waals surface area contributed by atoms with Gasteiger partial charge >= 0.3 is 0 Å². The molecule has 2 aromatic rings. The van der Waals surface area contributed by atoms with Gasteiger partial charge in [-0.05, 0) is 35.8 Å². The Bertz CT molecular complexity index is 762. The molecule has 2 aliphatic heterocycles. The number of rotatable bonds is 4. The Balaban J connectivity index is 1.48. The van der Waals surface area contributed by atoms with Gasteiger partial charge in [-0.25, -0.2) is 0 Å². The molecule has 1 fully saturated rings. The smallest absolute Gasteiger partial charge is 0.123 e. The van der Waals surface area contributed by atoms with Gasteiger partial charge in [0.1, 0.15) is 5.75 Å². The molecule has 0 N–H and O–H groups in total. The van der Waals surface area contributed by atoms with Crippen LogP contribution in [0.2, 0.25) is 0 Å². The predicted molar refractivity (Wildman–Crippen MR) is 102 cm³/mol. The number of anilines is 1. The maximum Gasteiger partial charge on any atom is 0.123 e. The van der Waals surface area contributed by atoms with Crippen LogP contribution in [0.4, 0.5) is 5.69 Å². The Kier molecular flexibility index (Phi) is 4.26. The van der Waals surface area contributed by atoms with Crippen LogP contribution in [-0.4, -0.2) is 32.9 Å². The number of hydrogen-bond donors (Lipinski definition) is 0. The van der Waals surface area contributed by atoms with Crippen molar-refractivity contribution in [3.63, 3.8) is 0 Å². The number of nitrogens with zero attached hydrogens (tertiary/aromatic N) is 1. The summed E-state index contributed by atoms with van der Waals surface area (Å²) in [7, 11) is 0. The first-order valence-corrected chi connectivity index (χ1v) is 8.99. The SMILES string of the molecule is C=C(CC1(C)COc2ccccc21)c1ccc(N2CCOCC2)cc1. The van der Waals surface area contributed by atoms with Gasteiger partial charge in [-0.15, -0.1) is 0 Å². The van der Waals surface area contributed by atoms with Gasteiger partial charge in [0.25, 0.3) is 0 Å². The average Bonchev–Trinajstić information content (AvgIpc) is 3.00. The molecule has 0 bridgehead atoms. The molecule has 2 aromatic carbocycles. The molecule has 4 rings (SSSR count). The van der Waals surface area contributed by atoms with Crippen molar-refractivity contribution in [2.75, 3.05) is 37.8 Å². The van der Waals surface area contributed by atoms with Crippen LogP contribution in [0.5, 0.6) is 5.75 Å². The van der Waals surface area contributed by atoms with E-state index >= 15 is 0 Å². The van der Waals surface area contributed by atoms with E-state index in [0.29, 0.717) is 0 Å². The molecule has 0 aliphatic carbocycles. The van der Waals surface area contributed by atoms with Crippen molar-refractivity contribution in [3.05, 3.63) is 66.2 Å². The van der Waals surface area contributed by atoms with Gasteiger partial charge in [-0.2, -0.15) is 0 Å². The summed E-state index contributed by atoms with van der Waals surface area (Å²) in [5.74, 6) is 1.01. The fraction of sp³-hybridized carbons (Fsp3) is 0.364. The van der Waals surface area contributed by atoms with E-state index < -0.39 is 0 Å². The van der Waals surface area contributed by atoms with Crippen LogP contribution in [0.15, 0.2) is 55.1 Å². The van der Waals surface area contributed by atoms with Gasteiger partial charge in [0.15, 0.2) is 0 Å². The van der Waals surface area contributed by atoms with Crippen molar-refractivity contribution >= 4 is 11.3 Å². The van der Waals surface area contributed by atoms with Crippen molar-refractivity contribution in [1.29, 1.82) is 0 Å². The lowest BCUT2D eigenvalue weighted by atomic mass is 9.78. The first-order valence-electron chi connectivity index (χ1n) is 8.99. The third-order valence-corrected chi connectivity index (χ3v) is 5.34. The molecule has 2 heterocycles. The molecular formula is C22H25NO2. The van der Waals surface area contributed by atoms with E-state index in [1.807, 2.05) is 6.07 Å². The number of para-hydroxylation sites is 1. The van der Waals surface area contributed by atoms with E-state index in [1.165, 1.54) is 16.8 Å². The molecule has 0 radical (unpaired) electrons. The highest BCUT2D eigenvalue weighted by atomic mass is 16.5. The zero-order chi connectivity index (χ0) is 17.3. The molecule has 0 spiro atoms. The Morgan fingerprint density at radius 1 is 1.08 bits per heavy atom. The molecule has 3 heteroatoms. The summed E-state index contributed by atoms with van der Waals surface area (Å²) in [4.78, 5) is 2.37. The van der Waals surface area contributed by atoms with Crippen molar-refractivity contribution in [2.24, 2.45) is 0 Å². The molecule has 130 valence electrons. The van der Waals surface area contributed by atoms with Gasteiger partial charge in [0, 0.05) is 29.8 Å². The van der Waals surface area contributed by atoms with Crippen LogP contribution < -0.4 is 9.64 Å². The van der Waals surface area contributed by atoms with Gasteiger partial charge < -0.3 is 14.4 Å². The third-order valence-electron chi connectivity index (χ3n) is 5.34. The second-order valence-electron chi connectivity index (χ2n) is 7.27. The Hall–Kier alpha value is -2.26. The summed E-state index contributed by atoms with van der Waals surface area (Å²) in [6.45, 7) is 10.9. The summed E-state index contributed by atoms with van der Waals surface area (Å²) in [6, 6.07) is 17.1. The fourth-order valence-corrected chi connectivity index (χ4v) is 3.85. The molecule has 2 aliphatic rings. The molecular weight excluding hydrogens is 310 g/mol. The molecule has 0 saturated carbocycles. The van der Waals surface area contributed by atoms with Crippen molar-refractivity contribution < 1.29 is 9.47 Å². The molecule has 25 heavy (non-hydrogen) atoms. The lowest BCUT2D eigenvalue weighted by Crippen LogP contribution is -2.36. The van der Waals surface area contributed by atoms with Crippen LogP contribution in [0.1, 0.15) is 24.5 Å². The first-order chi connectivity index (χ1) is 12.2. The molecule has 3 nitrogen and oxygen atoms in total. The van der Waals surface area contributed by atoms with Gasteiger partial charge in [-0.1, -0.05) is 43.8 Å². The van der Waals surface area contributed by atoms with E-state index in [-0.39, 0.29) is 5.41 Å². The quantitative estimate of drug-likeness (QED) is 0.832. The van der Waals surface area contributed by atoms with Crippen LogP contribution in [0.25, 0.3) is 5.57 Å². The van der Waals surface area contributed by atoms with Crippen molar-refractivity contribution in [1.82, 2.24) is 0 Å². The Labute approximate surface area is 149 Å². The number of hydrogen-bond acceptors (Lipinski definition) is 3. The number of morpholine rings is 1. The van der Waals surface area contributed by atoms with Gasteiger partial charge in [-0.3, -0.25) is 0 Å². The van der Waals surface area contributed by atoms with E-state index in [1.54, 1.807) is 0 Å². The largest absolute Gasteiger partial charge is 0.492 e. The lowest BCUT2D eigenvalue weighted by Gasteiger charge is -2.29. The summed E-state index contributed by atoms with van der Waals surface area (Å²) in [5.41, 5.74) is 4.93. The Morgan fingerprint density at radius 2 is 1.80 bits per heavy atom. The molecule has 1 saturated heterocycles. The summed E-state index contributed by atoms with van der Waals surface area (Å²) < 4.78 is 11.3.